The van der Waals surface area contributed by atoms with E-state index in [0.29, 0.717) is 31.7 Å². The molecule has 0 aromatic heterocycles. The Bertz CT molecular complexity index is 694. The van der Waals surface area contributed by atoms with Crippen molar-refractivity contribution in [2.24, 2.45) is 5.92 Å². The van der Waals surface area contributed by atoms with E-state index in [2.05, 4.69) is 29.4 Å². The van der Waals surface area contributed by atoms with Crippen LogP contribution in [0.2, 0.25) is 0 Å². The number of ether oxygens (including phenoxy) is 1. The quantitative estimate of drug-likeness (QED) is 0.709. The maximum atomic E-state index is 12.2. The van der Waals surface area contributed by atoms with E-state index in [0.717, 1.165) is 16.9 Å². The van der Waals surface area contributed by atoms with Gasteiger partial charge in [-0.25, -0.2) is 4.79 Å². The van der Waals surface area contributed by atoms with Crippen molar-refractivity contribution < 1.29 is 9.53 Å². The van der Waals surface area contributed by atoms with Crippen molar-refractivity contribution in [3.63, 3.8) is 0 Å². The van der Waals surface area contributed by atoms with E-state index in [1.54, 1.807) is 0 Å². The number of amides is 2. The minimum atomic E-state index is -0.166. The lowest BCUT2D eigenvalue weighted by molar-refractivity contribution is 0.212. The second-order valence-corrected chi connectivity index (χ2v) is 7.22. The fourth-order valence-electron chi connectivity index (χ4n) is 2.98. The van der Waals surface area contributed by atoms with Crippen LogP contribution in [0, 0.1) is 5.92 Å². The van der Waals surface area contributed by atoms with Gasteiger partial charge in [-0.05, 0) is 31.6 Å². The standard InChI is InChI=1S/C22H31N3O2/c1-17(2)20(25(3)4)15-24-22(26)23-14-19-12-8-9-13-21(19)27-16-18-10-6-5-7-11-18/h5-13,17,20H,14-16H2,1-4H3,(H2,23,24,26). The number of urea groups is 1. The lowest BCUT2D eigenvalue weighted by Gasteiger charge is -2.28. The van der Waals surface area contributed by atoms with Crippen molar-refractivity contribution in [2.45, 2.75) is 33.0 Å². The van der Waals surface area contributed by atoms with Crippen LogP contribution in [0.3, 0.4) is 0 Å². The Labute approximate surface area is 162 Å². The van der Waals surface area contributed by atoms with Gasteiger partial charge in [-0.2, -0.15) is 0 Å². The highest BCUT2D eigenvalue weighted by molar-refractivity contribution is 5.73. The van der Waals surface area contributed by atoms with Crippen LogP contribution in [0.1, 0.15) is 25.0 Å². The summed E-state index contributed by atoms with van der Waals surface area (Å²) in [5.74, 6) is 1.25. The molecular formula is C22H31N3O2. The molecule has 27 heavy (non-hydrogen) atoms. The maximum Gasteiger partial charge on any atom is 0.315 e. The van der Waals surface area contributed by atoms with Gasteiger partial charge in [0.05, 0.1) is 0 Å². The van der Waals surface area contributed by atoms with E-state index >= 15 is 0 Å². The molecule has 0 bridgehead atoms. The van der Waals surface area contributed by atoms with Crippen molar-refractivity contribution in [3.05, 3.63) is 65.7 Å². The largest absolute Gasteiger partial charge is 0.489 e. The summed E-state index contributed by atoms with van der Waals surface area (Å²) in [5.41, 5.74) is 2.07. The van der Waals surface area contributed by atoms with Gasteiger partial charge in [0.15, 0.2) is 0 Å². The van der Waals surface area contributed by atoms with Gasteiger partial charge in [-0.3, -0.25) is 0 Å². The lowest BCUT2D eigenvalue weighted by Crippen LogP contribution is -2.46. The Kier molecular flexibility index (Phi) is 8.14. The fourth-order valence-corrected chi connectivity index (χ4v) is 2.98. The van der Waals surface area contributed by atoms with E-state index in [1.807, 2.05) is 68.7 Å². The molecule has 0 saturated carbocycles. The van der Waals surface area contributed by atoms with E-state index in [-0.39, 0.29) is 6.03 Å². The summed E-state index contributed by atoms with van der Waals surface area (Å²) in [7, 11) is 4.06. The summed E-state index contributed by atoms with van der Waals surface area (Å²) in [6.07, 6.45) is 0. The van der Waals surface area contributed by atoms with E-state index < -0.39 is 0 Å². The van der Waals surface area contributed by atoms with Gasteiger partial charge in [0.1, 0.15) is 12.4 Å². The van der Waals surface area contributed by atoms with Crippen LogP contribution in [0.15, 0.2) is 54.6 Å². The van der Waals surface area contributed by atoms with Gasteiger partial charge in [-0.1, -0.05) is 62.4 Å². The van der Waals surface area contributed by atoms with Gasteiger partial charge in [0.2, 0.25) is 0 Å². The van der Waals surface area contributed by atoms with Crippen molar-refractivity contribution >= 4 is 6.03 Å². The number of rotatable bonds is 9. The molecule has 1 atom stereocenters. The van der Waals surface area contributed by atoms with Crippen LogP contribution in [0.25, 0.3) is 0 Å². The molecule has 146 valence electrons. The number of nitrogens with zero attached hydrogens (tertiary/aromatic N) is 1. The molecule has 0 radical (unpaired) electrons. The molecule has 0 aliphatic carbocycles. The second-order valence-electron chi connectivity index (χ2n) is 7.22. The predicted molar refractivity (Wildman–Crippen MR) is 110 cm³/mol. The van der Waals surface area contributed by atoms with E-state index in [4.69, 9.17) is 4.74 Å². The summed E-state index contributed by atoms with van der Waals surface area (Å²) in [4.78, 5) is 14.3. The first-order valence-electron chi connectivity index (χ1n) is 9.40. The maximum absolute atomic E-state index is 12.2. The van der Waals surface area contributed by atoms with Crippen LogP contribution in [-0.4, -0.2) is 37.6 Å². The minimum Gasteiger partial charge on any atom is -0.489 e. The van der Waals surface area contributed by atoms with Crippen molar-refractivity contribution in [2.75, 3.05) is 20.6 Å². The minimum absolute atomic E-state index is 0.166. The SMILES string of the molecule is CC(C)C(CNC(=O)NCc1ccccc1OCc1ccccc1)N(C)C. The molecule has 1 unspecified atom stereocenters. The van der Waals surface area contributed by atoms with Gasteiger partial charge in [0.25, 0.3) is 0 Å². The molecule has 2 aromatic rings. The number of carbonyl (C=O) groups is 1. The Hall–Kier alpha value is -2.53. The molecule has 0 spiro atoms. The van der Waals surface area contributed by atoms with Crippen LogP contribution in [0.5, 0.6) is 5.75 Å². The molecule has 5 nitrogen and oxygen atoms in total. The number of para-hydroxylation sites is 1. The Morgan fingerprint density at radius 3 is 2.33 bits per heavy atom. The highest BCUT2D eigenvalue weighted by Crippen LogP contribution is 2.19. The smallest absolute Gasteiger partial charge is 0.315 e. The number of likely N-dealkylation sites (N-methyl/N-ethyl adjacent to an activating group) is 1. The third-order valence-electron chi connectivity index (χ3n) is 4.55. The summed E-state index contributed by atoms with van der Waals surface area (Å²) in [5, 5.41) is 5.88. The van der Waals surface area contributed by atoms with Gasteiger partial charge in [-0.15, -0.1) is 0 Å². The van der Waals surface area contributed by atoms with Gasteiger partial charge in [0, 0.05) is 24.7 Å². The molecule has 2 rings (SSSR count). The Balaban J connectivity index is 1.85. The molecule has 0 aliphatic heterocycles. The van der Waals surface area contributed by atoms with Crippen molar-refractivity contribution in [3.8, 4) is 5.75 Å². The number of carbonyl (C=O) groups excluding carboxylic acids is 1. The molecule has 0 fully saturated rings. The van der Waals surface area contributed by atoms with Crippen LogP contribution >= 0.6 is 0 Å². The Morgan fingerprint density at radius 2 is 1.67 bits per heavy atom. The first kappa shape index (κ1) is 20.8. The summed E-state index contributed by atoms with van der Waals surface area (Å²) >= 11 is 0. The molecule has 2 aromatic carbocycles. The average molecular weight is 370 g/mol. The summed E-state index contributed by atoms with van der Waals surface area (Å²) in [6.45, 7) is 5.85. The first-order chi connectivity index (χ1) is 13.0. The van der Waals surface area contributed by atoms with Crippen molar-refractivity contribution in [1.82, 2.24) is 15.5 Å². The first-order valence-corrected chi connectivity index (χ1v) is 9.40. The highest BCUT2D eigenvalue weighted by atomic mass is 16.5. The second kappa shape index (κ2) is 10.6. The summed E-state index contributed by atoms with van der Waals surface area (Å²) in [6, 6.07) is 18.0. The zero-order chi connectivity index (χ0) is 19.6. The topological polar surface area (TPSA) is 53.6 Å². The number of nitrogens with one attached hydrogen (secondary N) is 2. The van der Waals surface area contributed by atoms with Crippen LogP contribution < -0.4 is 15.4 Å². The number of hydrogen-bond donors (Lipinski definition) is 2. The Morgan fingerprint density at radius 1 is 1.00 bits per heavy atom. The lowest BCUT2D eigenvalue weighted by atomic mass is 10.0. The third-order valence-corrected chi connectivity index (χ3v) is 4.55. The molecule has 5 heteroatoms. The molecule has 2 N–H and O–H groups in total. The van der Waals surface area contributed by atoms with Crippen molar-refractivity contribution in [1.29, 1.82) is 0 Å². The molecule has 0 saturated heterocycles. The molecule has 0 aliphatic rings. The third kappa shape index (κ3) is 6.94. The van der Waals surface area contributed by atoms with Crippen LogP contribution in [-0.2, 0) is 13.2 Å². The fraction of sp³-hybridized carbons (Fsp3) is 0.409. The predicted octanol–water partition coefficient (Wildman–Crippen LogP) is 3.65. The number of benzene rings is 2. The van der Waals surface area contributed by atoms with Gasteiger partial charge >= 0.3 is 6.03 Å². The molecular weight excluding hydrogens is 338 g/mol. The monoisotopic (exact) mass is 369 g/mol. The molecule has 2 amide bonds. The zero-order valence-electron chi connectivity index (χ0n) is 16.7. The zero-order valence-corrected chi connectivity index (χ0v) is 16.7. The van der Waals surface area contributed by atoms with Crippen LogP contribution in [0.4, 0.5) is 4.79 Å². The molecule has 0 heterocycles. The van der Waals surface area contributed by atoms with E-state index in [9.17, 15) is 4.79 Å². The van der Waals surface area contributed by atoms with Gasteiger partial charge < -0.3 is 20.3 Å². The normalized spacial score (nSPS) is 12.1. The summed E-state index contributed by atoms with van der Waals surface area (Å²) < 4.78 is 5.94. The highest BCUT2D eigenvalue weighted by Gasteiger charge is 2.16. The number of hydrogen-bond acceptors (Lipinski definition) is 3. The average Bonchev–Trinajstić information content (AvgIpc) is 2.65. The van der Waals surface area contributed by atoms with E-state index in [1.165, 1.54) is 0 Å².